The summed E-state index contributed by atoms with van der Waals surface area (Å²) in [5, 5.41) is 2.78. The predicted octanol–water partition coefficient (Wildman–Crippen LogP) is 2.32. The number of nitrogens with one attached hydrogen (secondary N) is 1. The van der Waals surface area contributed by atoms with E-state index in [9.17, 15) is 14.0 Å². The van der Waals surface area contributed by atoms with Crippen LogP contribution in [0.5, 0.6) is 0 Å². The minimum Gasteiger partial charge on any atom is -0.366 e. The Balaban J connectivity index is 1.64. The van der Waals surface area contributed by atoms with Gasteiger partial charge in [-0.15, -0.1) is 0 Å². The van der Waals surface area contributed by atoms with E-state index in [4.69, 9.17) is 0 Å². The van der Waals surface area contributed by atoms with Crippen LogP contribution in [0.3, 0.4) is 0 Å². The maximum Gasteiger partial charge on any atom is 0.255 e. The molecule has 3 rings (SSSR count). The third-order valence-electron chi connectivity index (χ3n) is 4.54. The van der Waals surface area contributed by atoms with Gasteiger partial charge < -0.3 is 15.1 Å². The zero-order valence-electron chi connectivity index (χ0n) is 15.3. The van der Waals surface area contributed by atoms with Crippen LogP contribution in [0.1, 0.15) is 34.1 Å². The van der Waals surface area contributed by atoms with Crippen molar-refractivity contribution in [2.45, 2.75) is 13.3 Å². The highest BCUT2D eigenvalue weighted by Gasteiger charge is 2.24. The molecule has 1 N–H and O–H groups in total. The van der Waals surface area contributed by atoms with Crippen LogP contribution in [0.2, 0.25) is 0 Å². The monoisotopic (exact) mass is 370 g/mol. The van der Waals surface area contributed by atoms with Crippen LogP contribution in [-0.2, 0) is 0 Å². The molecule has 2 heterocycles. The molecule has 1 aromatic carbocycles. The lowest BCUT2D eigenvalue weighted by Crippen LogP contribution is -2.49. The average molecular weight is 370 g/mol. The minimum absolute atomic E-state index is 0.166. The molecule has 1 aromatic heterocycles. The third-order valence-corrected chi connectivity index (χ3v) is 4.54. The van der Waals surface area contributed by atoms with E-state index in [1.165, 1.54) is 18.5 Å². The lowest BCUT2D eigenvalue weighted by atomic mass is 10.1. The number of pyridine rings is 1. The maximum atomic E-state index is 13.9. The molecular formula is C20H23FN4O2. The van der Waals surface area contributed by atoms with Gasteiger partial charge in [0.1, 0.15) is 5.82 Å². The van der Waals surface area contributed by atoms with E-state index in [0.29, 0.717) is 49.5 Å². The van der Waals surface area contributed by atoms with Gasteiger partial charge in [0, 0.05) is 45.1 Å². The summed E-state index contributed by atoms with van der Waals surface area (Å²) in [5.41, 5.74) is 1.32. The molecule has 27 heavy (non-hydrogen) atoms. The quantitative estimate of drug-likeness (QED) is 0.877. The Morgan fingerprint density at radius 3 is 2.52 bits per heavy atom. The standard InChI is InChI=1S/C20H23FN4O2/c1-2-7-23-19(26)15-12-16(14-22-13-15)20(27)25-10-8-24(9-11-25)18-6-4-3-5-17(18)21/h3-6,12-14H,2,7-11H2,1H3,(H,23,26). The number of aromatic nitrogens is 1. The first-order valence-corrected chi connectivity index (χ1v) is 9.12. The molecule has 1 aliphatic heterocycles. The van der Waals surface area contributed by atoms with Gasteiger partial charge in [-0.1, -0.05) is 19.1 Å². The molecule has 0 radical (unpaired) electrons. The van der Waals surface area contributed by atoms with Gasteiger partial charge >= 0.3 is 0 Å². The molecule has 0 unspecified atom stereocenters. The molecular weight excluding hydrogens is 347 g/mol. The van der Waals surface area contributed by atoms with Gasteiger partial charge in [-0.05, 0) is 24.6 Å². The second kappa shape index (κ2) is 8.62. The van der Waals surface area contributed by atoms with Gasteiger partial charge in [-0.25, -0.2) is 4.39 Å². The van der Waals surface area contributed by atoms with Crippen LogP contribution in [0, 0.1) is 5.82 Å². The average Bonchev–Trinajstić information content (AvgIpc) is 2.72. The summed E-state index contributed by atoms with van der Waals surface area (Å²) in [4.78, 5) is 32.5. The Bertz CT molecular complexity index is 819. The van der Waals surface area contributed by atoms with Gasteiger partial charge in [-0.2, -0.15) is 0 Å². The fourth-order valence-corrected chi connectivity index (χ4v) is 3.06. The van der Waals surface area contributed by atoms with Crippen LogP contribution in [-0.4, -0.2) is 54.4 Å². The first-order valence-electron chi connectivity index (χ1n) is 9.12. The van der Waals surface area contributed by atoms with Gasteiger partial charge in [0.05, 0.1) is 16.8 Å². The highest BCUT2D eigenvalue weighted by atomic mass is 19.1. The summed E-state index contributed by atoms with van der Waals surface area (Å²) in [6.45, 7) is 4.63. The number of rotatable bonds is 5. The minimum atomic E-state index is -0.257. The number of carbonyl (C=O) groups is 2. The predicted molar refractivity (Wildman–Crippen MR) is 101 cm³/mol. The summed E-state index contributed by atoms with van der Waals surface area (Å²) in [5.74, 6) is -0.656. The number of hydrogen-bond acceptors (Lipinski definition) is 4. The number of nitrogens with zero attached hydrogens (tertiary/aromatic N) is 3. The topological polar surface area (TPSA) is 65.5 Å². The molecule has 1 saturated heterocycles. The molecule has 0 bridgehead atoms. The van der Waals surface area contributed by atoms with E-state index in [1.54, 1.807) is 29.2 Å². The molecule has 7 heteroatoms. The van der Waals surface area contributed by atoms with Gasteiger partial charge in [0.15, 0.2) is 0 Å². The Morgan fingerprint density at radius 1 is 1.11 bits per heavy atom. The van der Waals surface area contributed by atoms with Crippen molar-refractivity contribution in [3.05, 3.63) is 59.7 Å². The molecule has 142 valence electrons. The molecule has 0 atom stereocenters. The Morgan fingerprint density at radius 2 is 1.81 bits per heavy atom. The highest BCUT2D eigenvalue weighted by Crippen LogP contribution is 2.20. The smallest absolute Gasteiger partial charge is 0.255 e. The molecule has 2 aromatic rings. The summed E-state index contributed by atoms with van der Waals surface area (Å²) in [6, 6.07) is 8.22. The molecule has 1 fully saturated rings. The maximum absolute atomic E-state index is 13.9. The van der Waals surface area contributed by atoms with Crippen molar-refractivity contribution in [3.8, 4) is 0 Å². The van der Waals surface area contributed by atoms with E-state index >= 15 is 0 Å². The lowest BCUT2D eigenvalue weighted by molar-refractivity contribution is 0.0746. The Hall–Kier alpha value is -2.96. The first-order chi connectivity index (χ1) is 13.1. The van der Waals surface area contributed by atoms with Crippen LogP contribution >= 0.6 is 0 Å². The zero-order valence-corrected chi connectivity index (χ0v) is 15.3. The lowest BCUT2D eigenvalue weighted by Gasteiger charge is -2.36. The number of halogens is 1. The Kier molecular flexibility index (Phi) is 6.01. The van der Waals surface area contributed by atoms with E-state index in [-0.39, 0.29) is 17.6 Å². The van der Waals surface area contributed by atoms with Crippen molar-refractivity contribution >= 4 is 17.5 Å². The summed E-state index contributed by atoms with van der Waals surface area (Å²) < 4.78 is 13.9. The molecule has 2 amide bonds. The van der Waals surface area contributed by atoms with Crippen molar-refractivity contribution in [1.82, 2.24) is 15.2 Å². The van der Waals surface area contributed by atoms with E-state index in [1.807, 2.05) is 11.8 Å². The van der Waals surface area contributed by atoms with Crippen LogP contribution in [0.25, 0.3) is 0 Å². The fourth-order valence-electron chi connectivity index (χ4n) is 3.06. The molecule has 0 spiro atoms. The van der Waals surface area contributed by atoms with E-state index in [2.05, 4.69) is 10.3 Å². The van der Waals surface area contributed by atoms with Crippen molar-refractivity contribution in [2.75, 3.05) is 37.6 Å². The molecule has 1 aliphatic rings. The molecule has 0 saturated carbocycles. The van der Waals surface area contributed by atoms with E-state index < -0.39 is 0 Å². The third kappa shape index (κ3) is 4.42. The number of amides is 2. The Labute approximate surface area is 158 Å². The largest absolute Gasteiger partial charge is 0.366 e. The second-order valence-corrected chi connectivity index (χ2v) is 6.45. The van der Waals surface area contributed by atoms with Gasteiger partial charge in [0.2, 0.25) is 0 Å². The zero-order chi connectivity index (χ0) is 19.2. The van der Waals surface area contributed by atoms with E-state index in [0.717, 1.165) is 6.42 Å². The number of piperazine rings is 1. The SMILES string of the molecule is CCCNC(=O)c1cncc(C(=O)N2CCN(c3ccccc3F)CC2)c1. The van der Waals surface area contributed by atoms with Crippen LogP contribution in [0.4, 0.5) is 10.1 Å². The summed E-state index contributed by atoms with van der Waals surface area (Å²) >= 11 is 0. The van der Waals surface area contributed by atoms with Crippen LogP contribution in [0.15, 0.2) is 42.7 Å². The van der Waals surface area contributed by atoms with Crippen molar-refractivity contribution in [3.63, 3.8) is 0 Å². The van der Waals surface area contributed by atoms with Gasteiger partial charge in [-0.3, -0.25) is 14.6 Å². The molecule has 0 aliphatic carbocycles. The van der Waals surface area contributed by atoms with Crippen molar-refractivity contribution in [1.29, 1.82) is 0 Å². The summed E-state index contributed by atoms with van der Waals surface area (Å²) in [6.07, 6.45) is 3.77. The number of benzene rings is 1. The number of hydrogen-bond donors (Lipinski definition) is 1. The van der Waals surface area contributed by atoms with Crippen molar-refractivity contribution in [2.24, 2.45) is 0 Å². The normalized spacial score (nSPS) is 14.1. The van der Waals surface area contributed by atoms with Gasteiger partial charge in [0.25, 0.3) is 11.8 Å². The second-order valence-electron chi connectivity index (χ2n) is 6.45. The fraction of sp³-hybridized carbons (Fsp3) is 0.350. The number of anilines is 1. The number of para-hydroxylation sites is 1. The van der Waals surface area contributed by atoms with Crippen molar-refractivity contribution < 1.29 is 14.0 Å². The summed E-state index contributed by atoms with van der Waals surface area (Å²) in [7, 11) is 0. The highest BCUT2D eigenvalue weighted by molar-refractivity contribution is 5.99. The van der Waals surface area contributed by atoms with Crippen LogP contribution < -0.4 is 10.2 Å². The number of carbonyl (C=O) groups excluding carboxylic acids is 2. The first kappa shape index (κ1) is 18.8. The molecule has 6 nitrogen and oxygen atoms in total.